The summed E-state index contributed by atoms with van der Waals surface area (Å²) in [4.78, 5) is 25.6. The van der Waals surface area contributed by atoms with Gasteiger partial charge in [0.2, 0.25) is 0 Å². The number of benzene rings is 1. The zero-order valence-electron chi connectivity index (χ0n) is 18.5. The average Bonchev–Trinajstić information content (AvgIpc) is 2.81. The number of anilines is 1. The van der Waals surface area contributed by atoms with Crippen LogP contribution in [0.15, 0.2) is 42.9 Å². The molecule has 1 aromatic carbocycles. The van der Waals surface area contributed by atoms with Crippen molar-refractivity contribution in [2.24, 2.45) is 0 Å². The Balaban J connectivity index is 1.76. The van der Waals surface area contributed by atoms with Gasteiger partial charge in [-0.3, -0.25) is 9.78 Å². The molecule has 0 spiro atoms. The molecular weight excluding hydrogens is 452 g/mol. The Morgan fingerprint density at radius 2 is 1.85 bits per heavy atom. The lowest BCUT2D eigenvalue weighted by Gasteiger charge is -2.30. The number of ether oxygens (including phenoxy) is 1. The Bertz CT molecular complexity index is 1190. The van der Waals surface area contributed by atoms with Crippen LogP contribution in [0.1, 0.15) is 60.6 Å². The molecule has 3 aromatic rings. The topological polar surface area (TPSA) is 77.0 Å². The number of amides is 1. The normalized spacial score (nSPS) is 17.6. The summed E-state index contributed by atoms with van der Waals surface area (Å²) in [6.07, 6.45) is 2.68. The first-order valence-corrected chi connectivity index (χ1v) is 10.7. The van der Waals surface area contributed by atoms with Gasteiger partial charge in [0.25, 0.3) is 11.8 Å². The van der Waals surface area contributed by atoms with E-state index >= 15 is 0 Å². The van der Waals surface area contributed by atoms with Gasteiger partial charge in [-0.25, -0.2) is 27.5 Å². The van der Waals surface area contributed by atoms with Crippen LogP contribution in [0, 0.1) is 11.6 Å². The lowest BCUT2D eigenvalue weighted by atomic mass is 9.97. The van der Waals surface area contributed by atoms with Crippen LogP contribution in [0.4, 0.5) is 23.2 Å². The lowest BCUT2D eigenvalue weighted by molar-refractivity contribution is -0.146. The van der Waals surface area contributed by atoms with E-state index in [1.165, 1.54) is 24.7 Å². The molecule has 10 heteroatoms. The number of nitrogens with zero attached hydrogens (tertiary/aromatic N) is 3. The SMILES string of the molecule is CC(C)c1ncc(C(=O)Nc2c(-c3cc(F)ccc3F)ccnc2C2CCC(F)(F)CO2)cn1. The number of hydrogen-bond acceptors (Lipinski definition) is 5. The summed E-state index contributed by atoms with van der Waals surface area (Å²) in [6.45, 7) is 3.00. The average molecular weight is 474 g/mol. The van der Waals surface area contributed by atoms with Gasteiger partial charge in [0.1, 0.15) is 30.2 Å². The molecule has 0 radical (unpaired) electrons. The van der Waals surface area contributed by atoms with Crippen molar-refractivity contribution in [2.75, 3.05) is 11.9 Å². The van der Waals surface area contributed by atoms with Crippen molar-refractivity contribution in [1.82, 2.24) is 15.0 Å². The first-order valence-electron chi connectivity index (χ1n) is 10.7. The number of alkyl halides is 2. The summed E-state index contributed by atoms with van der Waals surface area (Å²) < 4.78 is 61.2. The fourth-order valence-electron chi connectivity index (χ4n) is 3.66. The number of carbonyl (C=O) groups is 1. The Hall–Kier alpha value is -3.40. The van der Waals surface area contributed by atoms with Gasteiger partial charge in [0.05, 0.1) is 16.9 Å². The quantitative estimate of drug-likeness (QED) is 0.482. The first-order chi connectivity index (χ1) is 16.1. The van der Waals surface area contributed by atoms with Gasteiger partial charge in [-0.15, -0.1) is 0 Å². The van der Waals surface area contributed by atoms with Crippen LogP contribution in [-0.2, 0) is 4.74 Å². The number of pyridine rings is 1. The largest absolute Gasteiger partial charge is 0.366 e. The van der Waals surface area contributed by atoms with Crippen molar-refractivity contribution >= 4 is 11.6 Å². The highest BCUT2D eigenvalue weighted by Gasteiger charge is 2.38. The van der Waals surface area contributed by atoms with Gasteiger partial charge in [0.15, 0.2) is 0 Å². The number of rotatable bonds is 5. The smallest absolute Gasteiger partial charge is 0.271 e. The molecule has 0 aliphatic carbocycles. The maximum absolute atomic E-state index is 14.6. The molecule has 1 aliphatic rings. The van der Waals surface area contributed by atoms with Crippen molar-refractivity contribution in [3.8, 4) is 11.1 Å². The second kappa shape index (κ2) is 9.46. The Morgan fingerprint density at radius 3 is 2.50 bits per heavy atom. The number of nitrogens with one attached hydrogen (secondary N) is 1. The highest BCUT2D eigenvalue weighted by molar-refractivity contribution is 6.06. The van der Waals surface area contributed by atoms with Gasteiger partial charge in [-0.2, -0.15) is 0 Å². The van der Waals surface area contributed by atoms with E-state index < -0.39 is 42.6 Å². The summed E-state index contributed by atoms with van der Waals surface area (Å²) in [5.74, 6) is -4.39. The Kier molecular flexibility index (Phi) is 6.60. The molecule has 4 rings (SSSR count). The molecule has 1 amide bonds. The zero-order chi connectivity index (χ0) is 24.5. The maximum atomic E-state index is 14.6. The fourth-order valence-corrected chi connectivity index (χ4v) is 3.66. The second-order valence-corrected chi connectivity index (χ2v) is 8.38. The summed E-state index contributed by atoms with van der Waals surface area (Å²) in [5.41, 5.74) is 0.327. The molecule has 3 heterocycles. The third-order valence-corrected chi connectivity index (χ3v) is 5.46. The highest BCUT2D eigenvalue weighted by Crippen LogP contribution is 2.41. The van der Waals surface area contributed by atoms with E-state index in [2.05, 4.69) is 20.3 Å². The van der Waals surface area contributed by atoms with Gasteiger partial charge >= 0.3 is 0 Å². The Labute approximate surface area is 193 Å². The summed E-state index contributed by atoms with van der Waals surface area (Å²) in [6, 6.07) is 4.33. The van der Waals surface area contributed by atoms with Gasteiger partial charge in [-0.1, -0.05) is 13.8 Å². The summed E-state index contributed by atoms with van der Waals surface area (Å²) in [7, 11) is 0. The van der Waals surface area contributed by atoms with Gasteiger partial charge < -0.3 is 10.1 Å². The number of halogens is 4. The second-order valence-electron chi connectivity index (χ2n) is 8.38. The molecule has 178 valence electrons. The van der Waals surface area contributed by atoms with Gasteiger partial charge in [-0.05, 0) is 30.7 Å². The van der Waals surface area contributed by atoms with Crippen LogP contribution in [0.25, 0.3) is 11.1 Å². The molecule has 2 aromatic heterocycles. The van der Waals surface area contributed by atoms with Crippen LogP contribution < -0.4 is 5.32 Å². The molecule has 34 heavy (non-hydrogen) atoms. The van der Waals surface area contributed by atoms with E-state index in [1.807, 2.05) is 13.8 Å². The molecule has 0 saturated carbocycles. The molecular formula is C24H22F4N4O2. The first kappa shape index (κ1) is 23.7. The van der Waals surface area contributed by atoms with Crippen LogP contribution in [0.2, 0.25) is 0 Å². The van der Waals surface area contributed by atoms with E-state index in [1.54, 1.807) is 0 Å². The van der Waals surface area contributed by atoms with Crippen LogP contribution >= 0.6 is 0 Å². The number of carbonyl (C=O) groups excluding carboxylic acids is 1. The van der Waals surface area contributed by atoms with E-state index in [0.29, 0.717) is 5.82 Å². The fraction of sp³-hybridized carbons (Fsp3) is 0.333. The van der Waals surface area contributed by atoms with Crippen molar-refractivity contribution in [1.29, 1.82) is 0 Å². The van der Waals surface area contributed by atoms with Crippen molar-refractivity contribution in [2.45, 2.75) is 44.6 Å². The number of hydrogen-bond donors (Lipinski definition) is 1. The number of aromatic nitrogens is 3. The molecule has 6 nitrogen and oxygen atoms in total. The van der Waals surface area contributed by atoms with Crippen molar-refractivity contribution in [3.63, 3.8) is 0 Å². The third kappa shape index (κ3) is 5.06. The molecule has 1 saturated heterocycles. The van der Waals surface area contributed by atoms with Crippen molar-refractivity contribution < 1.29 is 27.1 Å². The maximum Gasteiger partial charge on any atom is 0.271 e. The highest BCUT2D eigenvalue weighted by atomic mass is 19.3. The van der Waals surface area contributed by atoms with Crippen LogP contribution in [0.5, 0.6) is 0 Å². The summed E-state index contributed by atoms with van der Waals surface area (Å²) >= 11 is 0. The Morgan fingerprint density at radius 1 is 1.12 bits per heavy atom. The molecule has 1 unspecified atom stereocenters. The standard InChI is InChI=1S/C24H22F4N4O2/c1-13(2)22-30-10-14(11-31-22)23(33)32-20-16(17-9-15(25)3-4-18(17)26)6-8-29-21(20)19-5-7-24(27,28)12-34-19/h3-4,6,8-11,13,19H,5,7,12H2,1-2H3,(H,32,33). The van der Waals surface area contributed by atoms with Crippen molar-refractivity contribution in [3.05, 3.63) is 71.6 Å². The lowest BCUT2D eigenvalue weighted by Crippen LogP contribution is -2.31. The predicted molar refractivity (Wildman–Crippen MR) is 117 cm³/mol. The minimum atomic E-state index is -2.97. The molecule has 1 aliphatic heterocycles. The van der Waals surface area contributed by atoms with Crippen LogP contribution in [0.3, 0.4) is 0 Å². The monoisotopic (exact) mass is 474 g/mol. The van der Waals surface area contributed by atoms with E-state index in [9.17, 15) is 22.4 Å². The minimum Gasteiger partial charge on any atom is -0.366 e. The molecule has 1 atom stereocenters. The van der Waals surface area contributed by atoms with Gasteiger partial charge in [0, 0.05) is 42.1 Å². The molecule has 0 bridgehead atoms. The third-order valence-electron chi connectivity index (χ3n) is 5.46. The van der Waals surface area contributed by atoms with E-state index in [4.69, 9.17) is 4.74 Å². The molecule has 1 fully saturated rings. The minimum absolute atomic E-state index is 0.0418. The van der Waals surface area contributed by atoms with E-state index in [-0.39, 0.29) is 40.4 Å². The van der Waals surface area contributed by atoms with E-state index in [0.717, 1.165) is 18.2 Å². The predicted octanol–water partition coefficient (Wildman–Crippen LogP) is 5.68. The zero-order valence-corrected chi connectivity index (χ0v) is 18.5. The van der Waals surface area contributed by atoms with Crippen LogP contribution in [-0.4, -0.2) is 33.4 Å². The molecule has 1 N–H and O–H groups in total. The summed E-state index contributed by atoms with van der Waals surface area (Å²) in [5, 5.41) is 2.67.